The molecule has 0 bridgehead atoms. The number of aliphatic hydroxyl groups is 1. The van der Waals surface area contributed by atoms with Gasteiger partial charge in [0.2, 0.25) is 0 Å². The van der Waals surface area contributed by atoms with Crippen molar-refractivity contribution in [1.82, 2.24) is 0 Å². The van der Waals surface area contributed by atoms with Gasteiger partial charge in [-0.3, -0.25) is 0 Å². The number of hydrogen-bond acceptors (Lipinski definition) is 2. The minimum absolute atomic E-state index is 0.214. The quantitative estimate of drug-likeness (QED) is 0.852. The number of hydrogen-bond donors (Lipinski definition) is 1. The molecule has 1 aliphatic rings. The molecular formula is C14H15F3O2. The number of allylic oxidation sites excluding steroid dienone is 1. The molecule has 1 N–H and O–H groups in total. The summed E-state index contributed by atoms with van der Waals surface area (Å²) in [6.45, 7) is 0. The molecular weight excluding hydrogens is 257 g/mol. The molecule has 0 spiro atoms. The van der Waals surface area contributed by atoms with Crippen molar-refractivity contribution in [3.8, 4) is 5.75 Å². The SMILES string of the molecule is OC1C=C(Cc2ccc(OC(F)(F)F)cc2)CCC1. The Morgan fingerprint density at radius 1 is 1.21 bits per heavy atom. The maximum Gasteiger partial charge on any atom is 0.573 e. The summed E-state index contributed by atoms with van der Waals surface area (Å²) in [5.74, 6) is -0.214. The number of benzene rings is 1. The van der Waals surface area contributed by atoms with E-state index in [1.54, 1.807) is 12.1 Å². The molecule has 2 nitrogen and oxygen atoms in total. The van der Waals surface area contributed by atoms with Crippen molar-refractivity contribution >= 4 is 0 Å². The summed E-state index contributed by atoms with van der Waals surface area (Å²) < 4.78 is 39.8. The molecule has 0 heterocycles. The van der Waals surface area contributed by atoms with E-state index in [4.69, 9.17) is 0 Å². The second-order valence-corrected chi connectivity index (χ2v) is 4.65. The summed E-state index contributed by atoms with van der Waals surface area (Å²) in [5.41, 5.74) is 2.04. The van der Waals surface area contributed by atoms with Gasteiger partial charge < -0.3 is 9.84 Å². The average molecular weight is 272 g/mol. The molecule has 1 unspecified atom stereocenters. The first-order valence-corrected chi connectivity index (χ1v) is 6.15. The Morgan fingerprint density at radius 2 is 1.89 bits per heavy atom. The second kappa shape index (κ2) is 5.65. The van der Waals surface area contributed by atoms with Gasteiger partial charge in [-0.15, -0.1) is 13.2 Å². The van der Waals surface area contributed by atoms with Crippen LogP contribution in [0.4, 0.5) is 13.2 Å². The largest absolute Gasteiger partial charge is 0.573 e. The highest BCUT2D eigenvalue weighted by Gasteiger charge is 2.30. The van der Waals surface area contributed by atoms with Crippen LogP contribution in [0.3, 0.4) is 0 Å². The van der Waals surface area contributed by atoms with Crippen molar-refractivity contribution in [2.45, 2.75) is 38.1 Å². The first-order valence-electron chi connectivity index (χ1n) is 6.15. The standard InChI is InChI=1S/C14H15F3O2/c15-14(16,17)19-13-6-4-10(5-7-13)8-11-2-1-3-12(18)9-11/h4-7,9,12,18H,1-3,8H2. The summed E-state index contributed by atoms with van der Waals surface area (Å²) in [6.07, 6.45) is 0.101. The summed E-state index contributed by atoms with van der Waals surface area (Å²) in [5, 5.41) is 9.51. The van der Waals surface area contributed by atoms with E-state index in [0.717, 1.165) is 30.4 Å². The minimum Gasteiger partial charge on any atom is -0.406 e. The van der Waals surface area contributed by atoms with Gasteiger partial charge in [0.1, 0.15) is 5.75 Å². The Labute approximate surface area is 109 Å². The Kier molecular flexibility index (Phi) is 4.14. The zero-order valence-corrected chi connectivity index (χ0v) is 10.3. The lowest BCUT2D eigenvalue weighted by atomic mass is 9.93. The molecule has 0 aromatic heterocycles. The van der Waals surface area contributed by atoms with E-state index in [1.807, 2.05) is 6.08 Å². The minimum atomic E-state index is -4.66. The molecule has 1 aliphatic carbocycles. The van der Waals surface area contributed by atoms with Gasteiger partial charge >= 0.3 is 6.36 Å². The Hall–Kier alpha value is -1.49. The first kappa shape index (κ1) is 13.9. The Morgan fingerprint density at radius 3 is 2.47 bits per heavy atom. The topological polar surface area (TPSA) is 29.5 Å². The van der Waals surface area contributed by atoms with Crippen molar-refractivity contribution in [2.24, 2.45) is 0 Å². The van der Waals surface area contributed by atoms with Gasteiger partial charge in [0.25, 0.3) is 0 Å². The highest BCUT2D eigenvalue weighted by molar-refractivity contribution is 5.30. The number of alkyl halides is 3. The average Bonchev–Trinajstić information content (AvgIpc) is 2.30. The molecule has 0 radical (unpaired) electrons. The van der Waals surface area contributed by atoms with E-state index >= 15 is 0 Å². The summed E-state index contributed by atoms with van der Waals surface area (Å²) in [6, 6.07) is 5.84. The van der Waals surface area contributed by atoms with Crippen LogP contribution in [-0.2, 0) is 6.42 Å². The van der Waals surface area contributed by atoms with Crippen molar-refractivity contribution in [3.05, 3.63) is 41.5 Å². The lowest BCUT2D eigenvalue weighted by molar-refractivity contribution is -0.274. The first-order chi connectivity index (χ1) is 8.92. The van der Waals surface area contributed by atoms with E-state index in [1.165, 1.54) is 12.1 Å². The second-order valence-electron chi connectivity index (χ2n) is 4.65. The molecule has 2 rings (SSSR count). The number of halogens is 3. The highest BCUT2D eigenvalue weighted by atomic mass is 19.4. The van der Waals surface area contributed by atoms with Crippen LogP contribution in [0.25, 0.3) is 0 Å². The van der Waals surface area contributed by atoms with E-state index in [-0.39, 0.29) is 5.75 Å². The van der Waals surface area contributed by atoms with Gasteiger partial charge in [-0.25, -0.2) is 0 Å². The normalized spacial score (nSPS) is 20.0. The Bertz CT molecular complexity index is 449. The van der Waals surface area contributed by atoms with Gasteiger partial charge in [-0.05, 0) is 43.4 Å². The fourth-order valence-corrected chi connectivity index (χ4v) is 2.20. The molecule has 0 aliphatic heterocycles. The molecule has 1 aromatic rings. The molecule has 0 saturated heterocycles. The number of rotatable bonds is 3. The predicted octanol–water partition coefficient (Wildman–Crippen LogP) is 3.60. The van der Waals surface area contributed by atoms with Gasteiger partial charge in [-0.1, -0.05) is 23.8 Å². The van der Waals surface area contributed by atoms with Crippen molar-refractivity contribution in [3.63, 3.8) is 0 Å². The Balaban J connectivity index is 1.99. The molecule has 0 fully saturated rings. The van der Waals surface area contributed by atoms with Crippen molar-refractivity contribution < 1.29 is 23.0 Å². The highest BCUT2D eigenvalue weighted by Crippen LogP contribution is 2.25. The van der Waals surface area contributed by atoms with E-state index < -0.39 is 12.5 Å². The predicted molar refractivity (Wildman–Crippen MR) is 64.8 cm³/mol. The van der Waals surface area contributed by atoms with Crippen LogP contribution in [0.5, 0.6) is 5.75 Å². The number of ether oxygens (including phenoxy) is 1. The van der Waals surface area contributed by atoms with Crippen LogP contribution in [0, 0.1) is 0 Å². The van der Waals surface area contributed by atoms with Gasteiger partial charge in [0.15, 0.2) is 0 Å². The monoisotopic (exact) mass is 272 g/mol. The van der Waals surface area contributed by atoms with Crippen LogP contribution in [0.1, 0.15) is 24.8 Å². The zero-order chi connectivity index (χ0) is 13.9. The van der Waals surface area contributed by atoms with Crippen molar-refractivity contribution in [2.75, 3.05) is 0 Å². The molecule has 1 aromatic carbocycles. The van der Waals surface area contributed by atoms with E-state index in [2.05, 4.69) is 4.74 Å². The van der Waals surface area contributed by atoms with Gasteiger partial charge in [-0.2, -0.15) is 0 Å². The number of aliphatic hydroxyl groups excluding tert-OH is 1. The van der Waals surface area contributed by atoms with E-state index in [0.29, 0.717) is 6.42 Å². The van der Waals surface area contributed by atoms with Crippen LogP contribution in [0.15, 0.2) is 35.9 Å². The van der Waals surface area contributed by atoms with Gasteiger partial charge in [0.05, 0.1) is 6.10 Å². The van der Waals surface area contributed by atoms with Crippen molar-refractivity contribution in [1.29, 1.82) is 0 Å². The summed E-state index contributed by atoms with van der Waals surface area (Å²) >= 11 is 0. The van der Waals surface area contributed by atoms with E-state index in [9.17, 15) is 18.3 Å². The lowest BCUT2D eigenvalue weighted by Crippen LogP contribution is -2.17. The third-order valence-corrected chi connectivity index (χ3v) is 3.01. The fraction of sp³-hybridized carbons (Fsp3) is 0.429. The molecule has 0 amide bonds. The summed E-state index contributed by atoms with van der Waals surface area (Å²) in [4.78, 5) is 0. The molecule has 1 atom stereocenters. The lowest BCUT2D eigenvalue weighted by Gasteiger charge is -2.17. The van der Waals surface area contributed by atoms with Gasteiger partial charge in [0, 0.05) is 0 Å². The molecule has 0 saturated carbocycles. The maximum atomic E-state index is 12.0. The fourth-order valence-electron chi connectivity index (χ4n) is 2.20. The zero-order valence-electron chi connectivity index (χ0n) is 10.3. The van der Waals surface area contributed by atoms with Crippen LogP contribution in [-0.4, -0.2) is 17.6 Å². The molecule has 5 heteroatoms. The maximum absolute atomic E-state index is 12.0. The molecule has 104 valence electrons. The molecule has 19 heavy (non-hydrogen) atoms. The third kappa shape index (κ3) is 4.59. The summed E-state index contributed by atoms with van der Waals surface area (Å²) in [7, 11) is 0. The third-order valence-electron chi connectivity index (χ3n) is 3.01. The smallest absolute Gasteiger partial charge is 0.406 e. The van der Waals surface area contributed by atoms with Crippen LogP contribution < -0.4 is 4.74 Å². The van der Waals surface area contributed by atoms with Crippen LogP contribution >= 0.6 is 0 Å². The van der Waals surface area contributed by atoms with Crippen LogP contribution in [0.2, 0.25) is 0 Å².